The number of halogens is 1. The maximum atomic E-state index is 15.4. The number of hydrogen-bond donors (Lipinski definition) is 0. The molecule has 11 heteroatoms. The van der Waals surface area contributed by atoms with Gasteiger partial charge in [-0.05, 0) is 31.9 Å². The number of nitrogens with zero attached hydrogens (tertiary/aromatic N) is 3. The van der Waals surface area contributed by atoms with Crippen LogP contribution in [0.25, 0.3) is 0 Å². The molecule has 28 heavy (non-hydrogen) atoms. The van der Waals surface area contributed by atoms with Gasteiger partial charge in [-0.2, -0.15) is 4.39 Å². The summed E-state index contributed by atoms with van der Waals surface area (Å²) in [5.41, 5.74) is 0.101. The average molecular weight is 395 g/mol. The number of allylic oxidation sites excluding steroid dienone is 2. The summed E-state index contributed by atoms with van der Waals surface area (Å²) < 4.78 is 25.1. The van der Waals surface area contributed by atoms with Crippen LogP contribution in [0.1, 0.15) is 19.8 Å². The van der Waals surface area contributed by atoms with Gasteiger partial charge in [0.2, 0.25) is 0 Å². The lowest BCUT2D eigenvalue weighted by Gasteiger charge is -2.30. The molecule has 2 atom stereocenters. The van der Waals surface area contributed by atoms with E-state index in [1.807, 2.05) is 0 Å². The van der Waals surface area contributed by atoms with Gasteiger partial charge < -0.3 is 9.47 Å². The van der Waals surface area contributed by atoms with Gasteiger partial charge in [0.15, 0.2) is 12.6 Å². The Hall–Kier alpha value is -3.24. The van der Waals surface area contributed by atoms with Crippen LogP contribution in [-0.2, 0) is 19.1 Å². The van der Waals surface area contributed by atoms with Crippen LogP contribution in [0.2, 0.25) is 0 Å². The number of hydrogen-bond acceptors (Lipinski definition) is 7. The predicted molar refractivity (Wildman–Crippen MR) is 90.7 cm³/mol. The number of carbonyl (C=O) groups is 3. The van der Waals surface area contributed by atoms with Gasteiger partial charge in [-0.25, -0.2) is 14.5 Å². The Morgan fingerprint density at radius 1 is 1.46 bits per heavy atom. The van der Waals surface area contributed by atoms with Crippen molar-refractivity contribution in [1.82, 2.24) is 9.80 Å². The molecular weight excluding hydrogens is 377 g/mol. The number of nitro groups is 1. The van der Waals surface area contributed by atoms with Gasteiger partial charge >= 0.3 is 17.8 Å². The Morgan fingerprint density at radius 3 is 2.86 bits per heavy atom. The van der Waals surface area contributed by atoms with Crippen molar-refractivity contribution in [3.05, 3.63) is 45.9 Å². The fourth-order valence-electron chi connectivity index (χ4n) is 3.22. The molecule has 1 saturated heterocycles. The second-order valence-electron chi connectivity index (χ2n) is 6.27. The molecule has 0 saturated carbocycles. The molecule has 2 heterocycles. The lowest BCUT2D eigenvalue weighted by molar-refractivity contribution is -0.594. The van der Waals surface area contributed by atoms with Crippen LogP contribution in [0, 0.1) is 10.1 Å². The molecule has 0 aromatic rings. The topological polar surface area (TPSA) is 119 Å². The summed E-state index contributed by atoms with van der Waals surface area (Å²) in [5.74, 6) is -5.09. The van der Waals surface area contributed by atoms with Crippen molar-refractivity contribution in [2.75, 3.05) is 19.8 Å². The van der Waals surface area contributed by atoms with Crippen LogP contribution in [0.4, 0.5) is 9.18 Å². The van der Waals surface area contributed by atoms with E-state index >= 15 is 4.39 Å². The molecule has 0 radical (unpaired) electrons. The van der Waals surface area contributed by atoms with Crippen molar-refractivity contribution in [3.8, 4) is 0 Å². The summed E-state index contributed by atoms with van der Waals surface area (Å²) in [4.78, 5) is 48.5. The van der Waals surface area contributed by atoms with E-state index in [2.05, 4.69) is 4.74 Å². The first-order valence-electron chi connectivity index (χ1n) is 8.67. The molecule has 0 aromatic heterocycles. The van der Waals surface area contributed by atoms with Crippen molar-refractivity contribution < 1.29 is 33.2 Å². The fraction of sp³-hybridized carbons (Fsp3) is 0.471. The number of carbonyl (C=O) groups excluding carboxylic acids is 3. The van der Waals surface area contributed by atoms with E-state index in [1.165, 1.54) is 11.0 Å². The standard InChI is InChI=1S/C17H18FN3O7/c1-2-27-14(22)10-28-11-6-7-13(17(18,9-11)21(25)26)20-15(23)12-5-3-4-8-19(12)16(20)24/h5-7,9,13H,2-4,8,10H2,1H3. The molecule has 3 aliphatic rings. The number of amides is 3. The van der Waals surface area contributed by atoms with Crippen LogP contribution in [0.3, 0.4) is 0 Å². The molecule has 150 valence electrons. The molecule has 2 aliphatic heterocycles. The van der Waals surface area contributed by atoms with Crippen LogP contribution >= 0.6 is 0 Å². The first kappa shape index (κ1) is 19.5. The molecular formula is C17H18FN3O7. The zero-order valence-corrected chi connectivity index (χ0v) is 15.0. The van der Waals surface area contributed by atoms with Crippen molar-refractivity contribution in [3.63, 3.8) is 0 Å². The maximum Gasteiger partial charge on any atom is 0.405 e. The highest BCUT2D eigenvalue weighted by Crippen LogP contribution is 2.36. The molecule has 1 aliphatic carbocycles. The highest BCUT2D eigenvalue weighted by atomic mass is 19.1. The number of ether oxygens (including phenoxy) is 2. The lowest BCUT2D eigenvalue weighted by Crippen LogP contribution is -2.56. The van der Waals surface area contributed by atoms with Gasteiger partial charge in [0, 0.05) is 6.54 Å². The number of alkyl halides is 1. The van der Waals surface area contributed by atoms with Gasteiger partial charge in [0.25, 0.3) is 5.91 Å². The SMILES string of the molecule is CCOC(=O)COC1=CC(F)([N+](=O)[O-])C(N2C(=O)C3=CCCCN3C2=O)C=C1. The molecule has 3 amide bonds. The van der Waals surface area contributed by atoms with Crippen molar-refractivity contribution in [2.45, 2.75) is 31.6 Å². The zero-order chi connectivity index (χ0) is 20.5. The second-order valence-corrected chi connectivity index (χ2v) is 6.27. The third-order valence-electron chi connectivity index (χ3n) is 4.51. The average Bonchev–Trinajstić information content (AvgIpc) is 2.92. The van der Waals surface area contributed by atoms with E-state index in [-0.39, 0.29) is 24.6 Å². The number of rotatable bonds is 6. The van der Waals surface area contributed by atoms with Crippen molar-refractivity contribution in [2.24, 2.45) is 0 Å². The molecule has 2 unspecified atom stereocenters. The summed E-state index contributed by atoms with van der Waals surface area (Å²) in [6.45, 7) is 1.43. The van der Waals surface area contributed by atoms with E-state index in [4.69, 9.17) is 4.74 Å². The highest BCUT2D eigenvalue weighted by molar-refractivity contribution is 6.12. The summed E-state index contributed by atoms with van der Waals surface area (Å²) in [6.07, 6.45) is 5.52. The molecule has 3 rings (SSSR count). The maximum absolute atomic E-state index is 15.4. The zero-order valence-electron chi connectivity index (χ0n) is 15.0. The van der Waals surface area contributed by atoms with Gasteiger partial charge in [-0.15, -0.1) is 0 Å². The van der Waals surface area contributed by atoms with E-state index in [1.54, 1.807) is 13.0 Å². The molecule has 0 N–H and O–H groups in total. The van der Waals surface area contributed by atoms with E-state index in [0.717, 1.165) is 6.08 Å². The molecule has 0 aromatic carbocycles. The first-order valence-corrected chi connectivity index (χ1v) is 8.67. The highest BCUT2D eigenvalue weighted by Gasteiger charge is 2.59. The minimum atomic E-state index is -3.31. The molecule has 0 spiro atoms. The third-order valence-corrected chi connectivity index (χ3v) is 4.51. The Kier molecular flexibility index (Phi) is 5.16. The predicted octanol–water partition coefficient (Wildman–Crippen LogP) is 1.27. The van der Waals surface area contributed by atoms with Crippen molar-refractivity contribution >= 4 is 17.9 Å². The van der Waals surface area contributed by atoms with E-state index in [9.17, 15) is 24.5 Å². The molecule has 0 bridgehead atoms. The minimum Gasteiger partial charge on any atom is -0.482 e. The molecule has 10 nitrogen and oxygen atoms in total. The largest absolute Gasteiger partial charge is 0.482 e. The van der Waals surface area contributed by atoms with E-state index in [0.29, 0.717) is 23.8 Å². The normalized spacial score (nSPS) is 26.6. The minimum absolute atomic E-state index is 0.101. The van der Waals surface area contributed by atoms with Crippen molar-refractivity contribution in [1.29, 1.82) is 0 Å². The quantitative estimate of drug-likeness (QED) is 0.218. The number of imide groups is 1. The Bertz CT molecular complexity index is 822. The number of urea groups is 1. The fourth-order valence-corrected chi connectivity index (χ4v) is 3.22. The first-order chi connectivity index (χ1) is 13.3. The number of fused-ring (bicyclic) bond motifs is 1. The van der Waals surface area contributed by atoms with Crippen LogP contribution < -0.4 is 0 Å². The van der Waals surface area contributed by atoms with Gasteiger partial charge in [0.1, 0.15) is 11.5 Å². The Labute approximate surface area is 159 Å². The van der Waals surface area contributed by atoms with E-state index < -0.39 is 41.3 Å². The van der Waals surface area contributed by atoms with Gasteiger partial charge in [-0.3, -0.25) is 19.8 Å². The van der Waals surface area contributed by atoms with Crippen LogP contribution in [0.5, 0.6) is 0 Å². The Balaban J connectivity index is 1.86. The summed E-state index contributed by atoms with van der Waals surface area (Å²) in [5, 5.41) is 11.5. The number of esters is 1. The van der Waals surface area contributed by atoms with Gasteiger partial charge in [-0.1, -0.05) is 6.08 Å². The van der Waals surface area contributed by atoms with Crippen LogP contribution in [0.15, 0.2) is 35.8 Å². The monoisotopic (exact) mass is 395 g/mol. The molecule has 1 fully saturated rings. The third kappa shape index (κ3) is 3.23. The van der Waals surface area contributed by atoms with Gasteiger partial charge in [0.05, 0.1) is 17.6 Å². The lowest BCUT2D eigenvalue weighted by atomic mass is 9.98. The second kappa shape index (κ2) is 7.41. The summed E-state index contributed by atoms with van der Waals surface area (Å²) >= 11 is 0. The smallest absolute Gasteiger partial charge is 0.405 e. The Morgan fingerprint density at radius 2 is 2.21 bits per heavy atom. The van der Waals surface area contributed by atoms with Crippen LogP contribution in [-0.4, -0.2) is 64.2 Å². The summed E-state index contributed by atoms with van der Waals surface area (Å²) in [6, 6.07) is -2.59. The summed E-state index contributed by atoms with van der Waals surface area (Å²) in [7, 11) is 0.